The van der Waals surface area contributed by atoms with Crippen molar-refractivity contribution in [2.75, 3.05) is 13.2 Å². The molecule has 0 aromatic carbocycles. The first-order chi connectivity index (χ1) is 9.13. The van der Waals surface area contributed by atoms with E-state index in [1.807, 2.05) is 0 Å². The van der Waals surface area contributed by atoms with Gasteiger partial charge in [-0.25, -0.2) is 9.98 Å². The number of nitrogens with zero attached hydrogens (tertiary/aromatic N) is 2. The van der Waals surface area contributed by atoms with E-state index in [1.165, 1.54) is 0 Å². The number of ether oxygens (including phenoxy) is 2. The molecule has 0 spiro atoms. The number of hydrogen-bond acceptors (Lipinski definition) is 4. The average molecular weight is 266 g/mol. The Kier molecular flexibility index (Phi) is 4.83. The van der Waals surface area contributed by atoms with Gasteiger partial charge in [0.25, 0.3) is 0 Å². The summed E-state index contributed by atoms with van der Waals surface area (Å²) in [6.07, 6.45) is 3.10. The van der Waals surface area contributed by atoms with E-state index >= 15 is 0 Å². The summed E-state index contributed by atoms with van der Waals surface area (Å²) in [6.45, 7) is 10.1. The molecule has 4 heteroatoms. The number of hydrogen-bond donors (Lipinski definition) is 0. The van der Waals surface area contributed by atoms with Crippen molar-refractivity contribution in [2.24, 2.45) is 21.8 Å². The van der Waals surface area contributed by atoms with Gasteiger partial charge in [-0.15, -0.1) is 0 Å². The van der Waals surface area contributed by atoms with E-state index in [0.717, 1.165) is 31.1 Å². The highest BCUT2D eigenvalue weighted by atomic mass is 16.5. The molecule has 0 aliphatic carbocycles. The monoisotopic (exact) mass is 266 g/mol. The van der Waals surface area contributed by atoms with Gasteiger partial charge in [-0.3, -0.25) is 0 Å². The van der Waals surface area contributed by atoms with Crippen molar-refractivity contribution in [3.63, 3.8) is 0 Å². The molecule has 108 valence electrons. The predicted molar refractivity (Wildman–Crippen MR) is 77.9 cm³/mol. The number of aliphatic imine (C=N–C) groups is 2. The van der Waals surface area contributed by atoms with E-state index < -0.39 is 0 Å². The molecule has 4 atom stereocenters. The van der Waals surface area contributed by atoms with Crippen LogP contribution in [0.4, 0.5) is 0 Å². The Morgan fingerprint density at radius 1 is 0.947 bits per heavy atom. The molecule has 0 unspecified atom stereocenters. The van der Waals surface area contributed by atoms with Gasteiger partial charge in [0, 0.05) is 11.8 Å². The van der Waals surface area contributed by atoms with E-state index in [9.17, 15) is 0 Å². The third-order valence-corrected chi connectivity index (χ3v) is 4.08. The highest BCUT2D eigenvalue weighted by molar-refractivity contribution is 5.80. The van der Waals surface area contributed by atoms with Crippen molar-refractivity contribution in [3.8, 4) is 0 Å². The second-order valence-corrected chi connectivity index (χ2v) is 5.72. The normalized spacial score (nSPS) is 29.3. The fraction of sp³-hybridized carbons (Fsp3) is 0.867. The first-order valence-electron chi connectivity index (χ1n) is 7.54. The van der Waals surface area contributed by atoms with E-state index in [-0.39, 0.29) is 12.1 Å². The predicted octanol–water partition coefficient (Wildman–Crippen LogP) is 3.06. The molecule has 19 heavy (non-hydrogen) atoms. The van der Waals surface area contributed by atoms with Crippen LogP contribution in [0.1, 0.15) is 47.0 Å². The van der Waals surface area contributed by atoms with Gasteiger partial charge in [0.2, 0.25) is 0 Å². The fourth-order valence-corrected chi connectivity index (χ4v) is 2.32. The molecular formula is C15H26N2O2. The van der Waals surface area contributed by atoms with Crippen LogP contribution in [-0.2, 0) is 9.47 Å². The molecule has 2 rings (SSSR count). The first kappa shape index (κ1) is 14.4. The van der Waals surface area contributed by atoms with Gasteiger partial charge in [0.1, 0.15) is 13.2 Å². The second kappa shape index (κ2) is 6.40. The highest BCUT2D eigenvalue weighted by Gasteiger charge is 2.28. The topological polar surface area (TPSA) is 43.2 Å². The lowest BCUT2D eigenvalue weighted by molar-refractivity contribution is 0.266. The molecule has 0 saturated heterocycles. The van der Waals surface area contributed by atoms with Crippen LogP contribution in [0.15, 0.2) is 9.98 Å². The quantitative estimate of drug-likeness (QED) is 0.741. The number of rotatable bonds is 6. The lowest BCUT2D eigenvalue weighted by Crippen LogP contribution is -2.17. The van der Waals surface area contributed by atoms with Crippen LogP contribution in [-0.4, -0.2) is 37.1 Å². The van der Waals surface area contributed by atoms with E-state index in [0.29, 0.717) is 25.0 Å². The first-order valence-corrected chi connectivity index (χ1v) is 7.54. The summed E-state index contributed by atoms with van der Waals surface area (Å²) in [5.74, 6) is 2.73. The minimum atomic E-state index is 0.262. The lowest BCUT2D eigenvalue weighted by atomic mass is 10.1. The summed E-state index contributed by atoms with van der Waals surface area (Å²) < 4.78 is 11.4. The van der Waals surface area contributed by atoms with Gasteiger partial charge in [0.05, 0.1) is 12.1 Å². The molecule has 4 nitrogen and oxygen atoms in total. The van der Waals surface area contributed by atoms with Crippen LogP contribution in [0.2, 0.25) is 0 Å². The average Bonchev–Trinajstić information content (AvgIpc) is 3.07. The zero-order valence-corrected chi connectivity index (χ0v) is 12.6. The minimum absolute atomic E-state index is 0.262. The molecule has 2 aliphatic rings. The molecule has 0 radical (unpaired) electrons. The molecule has 0 N–H and O–H groups in total. The molecule has 0 saturated carbocycles. The Hall–Kier alpha value is -1.06. The summed E-state index contributed by atoms with van der Waals surface area (Å²) in [5.41, 5.74) is 0. The molecule has 0 bridgehead atoms. The van der Waals surface area contributed by atoms with E-state index in [1.54, 1.807) is 0 Å². The highest BCUT2D eigenvalue weighted by Crippen LogP contribution is 2.22. The van der Waals surface area contributed by atoms with E-state index in [2.05, 4.69) is 37.7 Å². The molecule has 0 fully saturated rings. The SMILES string of the molecule is CC[C@H](C)C1=N[C@@H](C[C@H]2COC([C@@H](C)CC)=N2)CO1. The van der Waals surface area contributed by atoms with Crippen LogP contribution < -0.4 is 0 Å². The van der Waals surface area contributed by atoms with Crippen LogP contribution >= 0.6 is 0 Å². The van der Waals surface area contributed by atoms with Gasteiger partial charge in [-0.05, 0) is 19.3 Å². The molecule has 0 amide bonds. The van der Waals surface area contributed by atoms with Gasteiger partial charge in [0.15, 0.2) is 11.8 Å². The van der Waals surface area contributed by atoms with Crippen LogP contribution in [0, 0.1) is 11.8 Å². The van der Waals surface area contributed by atoms with Crippen molar-refractivity contribution >= 4 is 11.8 Å². The molecule has 2 heterocycles. The summed E-state index contributed by atoms with van der Waals surface area (Å²) in [5, 5.41) is 0. The Labute approximate surface area is 116 Å². The molecule has 2 aliphatic heterocycles. The summed E-state index contributed by atoms with van der Waals surface area (Å²) in [6, 6.07) is 0.523. The lowest BCUT2D eigenvalue weighted by Gasteiger charge is -2.07. The fourth-order valence-electron chi connectivity index (χ4n) is 2.32. The maximum Gasteiger partial charge on any atom is 0.186 e. The van der Waals surface area contributed by atoms with Crippen molar-refractivity contribution in [3.05, 3.63) is 0 Å². The second-order valence-electron chi connectivity index (χ2n) is 5.72. The van der Waals surface area contributed by atoms with Gasteiger partial charge < -0.3 is 9.47 Å². The van der Waals surface area contributed by atoms with Crippen LogP contribution in [0.25, 0.3) is 0 Å². The Morgan fingerprint density at radius 3 is 1.74 bits per heavy atom. The van der Waals surface area contributed by atoms with Crippen molar-refractivity contribution in [1.29, 1.82) is 0 Å². The standard InChI is InChI=1S/C15H26N2O2/c1-5-10(3)14-16-12(8-18-14)7-13-9-19-15(17-13)11(4)6-2/h10-13H,5-9H2,1-4H3/t10-,11-,12-,13-/m0/s1. The van der Waals surface area contributed by atoms with Crippen LogP contribution in [0.5, 0.6) is 0 Å². The van der Waals surface area contributed by atoms with Crippen molar-refractivity contribution in [2.45, 2.75) is 59.0 Å². The zero-order chi connectivity index (χ0) is 13.8. The third kappa shape index (κ3) is 3.48. The molecule has 0 aromatic rings. The Bertz CT molecular complexity index is 331. The third-order valence-electron chi connectivity index (χ3n) is 4.08. The molecular weight excluding hydrogens is 240 g/mol. The zero-order valence-electron chi connectivity index (χ0n) is 12.6. The van der Waals surface area contributed by atoms with E-state index in [4.69, 9.17) is 9.47 Å². The maximum atomic E-state index is 5.68. The van der Waals surface area contributed by atoms with Gasteiger partial charge in [-0.2, -0.15) is 0 Å². The summed E-state index contributed by atoms with van der Waals surface area (Å²) in [7, 11) is 0. The Morgan fingerprint density at radius 2 is 1.37 bits per heavy atom. The van der Waals surface area contributed by atoms with Crippen LogP contribution in [0.3, 0.4) is 0 Å². The smallest absolute Gasteiger partial charge is 0.186 e. The van der Waals surface area contributed by atoms with Crippen molar-refractivity contribution < 1.29 is 9.47 Å². The molecule has 0 aromatic heterocycles. The van der Waals surface area contributed by atoms with Crippen molar-refractivity contribution in [1.82, 2.24) is 0 Å². The summed E-state index contributed by atoms with van der Waals surface area (Å²) >= 11 is 0. The summed E-state index contributed by atoms with van der Waals surface area (Å²) in [4.78, 5) is 9.36. The Balaban J connectivity index is 1.87. The van der Waals surface area contributed by atoms with Gasteiger partial charge in [-0.1, -0.05) is 27.7 Å². The largest absolute Gasteiger partial charge is 0.478 e. The minimum Gasteiger partial charge on any atom is -0.478 e. The van der Waals surface area contributed by atoms with Gasteiger partial charge >= 0.3 is 0 Å². The maximum absolute atomic E-state index is 5.68.